The molecule has 2 unspecified atom stereocenters. The molecule has 2 rings (SSSR count). The summed E-state index contributed by atoms with van der Waals surface area (Å²) in [5.41, 5.74) is 6.54. The summed E-state index contributed by atoms with van der Waals surface area (Å²) in [7, 11) is 0. The van der Waals surface area contributed by atoms with Gasteiger partial charge in [0.2, 0.25) is 0 Å². The van der Waals surface area contributed by atoms with Crippen molar-refractivity contribution in [1.82, 2.24) is 4.98 Å². The normalized spacial score (nSPS) is 24.2. The standard InChI is InChI=1S/C12H18N2O2S/c1-7-8(2)17-12(14-7)5-10(15)11-4-3-9(6-13)16-11/h9,11H,3-6,13H2,1-2H3. The Morgan fingerprint density at radius 3 is 2.82 bits per heavy atom. The van der Waals surface area contributed by atoms with E-state index in [4.69, 9.17) is 10.5 Å². The predicted octanol–water partition coefficient (Wildman–Crippen LogP) is 1.38. The second-order valence-electron chi connectivity index (χ2n) is 4.45. The molecule has 0 saturated carbocycles. The average molecular weight is 254 g/mol. The summed E-state index contributed by atoms with van der Waals surface area (Å²) in [5, 5.41) is 0.893. The number of aromatic nitrogens is 1. The second-order valence-corrected chi connectivity index (χ2v) is 5.74. The van der Waals surface area contributed by atoms with Crippen LogP contribution in [-0.2, 0) is 16.0 Å². The second kappa shape index (κ2) is 5.25. The molecule has 0 bridgehead atoms. The molecule has 2 atom stereocenters. The van der Waals surface area contributed by atoms with Crippen LogP contribution in [0.15, 0.2) is 0 Å². The summed E-state index contributed by atoms with van der Waals surface area (Å²) in [4.78, 5) is 17.6. The Bertz CT molecular complexity index is 397. The van der Waals surface area contributed by atoms with E-state index < -0.39 is 0 Å². The molecule has 4 nitrogen and oxygen atoms in total. The predicted molar refractivity (Wildman–Crippen MR) is 67.2 cm³/mol. The first-order chi connectivity index (χ1) is 8.10. The van der Waals surface area contributed by atoms with Gasteiger partial charge in [-0.3, -0.25) is 4.79 Å². The first-order valence-corrected chi connectivity index (χ1v) is 6.73. The summed E-state index contributed by atoms with van der Waals surface area (Å²) < 4.78 is 5.58. The van der Waals surface area contributed by atoms with Crippen LogP contribution in [0.25, 0.3) is 0 Å². The number of ether oxygens (including phenoxy) is 1. The van der Waals surface area contributed by atoms with E-state index in [1.165, 1.54) is 4.88 Å². The molecule has 5 heteroatoms. The van der Waals surface area contributed by atoms with Crippen molar-refractivity contribution in [2.75, 3.05) is 6.54 Å². The average Bonchev–Trinajstić information content (AvgIpc) is 2.87. The van der Waals surface area contributed by atoms with Crippen molar-refractivity contribution in [2.45, 2.75) is 45.3 Å². The highest BCUT2D eigenvalue weighted by Gasteiger charge is 2.30. The Morgan fingerprint density at radius 1 is 1.53 bits per heavy atom. The van der Waals surface area contributed by atoms with Crippen LogP contribution in [0.1, 0.15) is 28.4 Å². The number of hydrogen-bond acceptors (Lipinski definition) is 5. The molecule has 94 valence electrons. The van der Waals surface area contributed by atoms with Gasteiger partial charge in [0.05, 0.1) is 18.2 Å². The van der Waals surface area contributed by atoms with Crippen LogP contribution < -0.4 is 5.73 Å². The molecule has 2 N–H and O–H groups in total. The smallest absolute Gasteiger partial charge is 0.168 e. The third-order valence-corrected chi connectivity index (χ3v) is 4.20. The van der Waals surface area contributed by atoms with Gasteiger partial charge in [-0.25, -0.2) is 4.98 Å². The molecule has 0 radical (unpaired) electrons. The van der Waals surface area contributed by atoms with Crippen LogP contribution in [0.5, 0.6) is 0 Å². The zero-order chi connectivity index (χ0) is 12.4. The Labute approximate surface area is 105 Å². The van der Waals surface area contributed by atoms with Crippen molar-refractivity contribution < 1.29 is 9.53 Å². The van der Waals surface area contributed by atoms with Crippen molar-refractivity contribution in [3.05, 3.63) is 15.6 Å². The van der Waals surface area contributed by atoms with Gasteiger partial charge >= 0.3 is 0 Å². The van der Waals surface area contributed by atoms with Crippen molar-refractivity contribution >= 4 is 17.1 Å². The quantitative estimate of drug-likeness (QED) is 0.881. The highest BCUT2D eigenvalue weighted by atomic mass is 32.1. The monoisotopic (exact) mass is 254 g/mol. The summed E-state index contributed by atoms with van der Waals surface area (Å²) in [6, 6.07) is 0. The van der Waals surface area contributed by atoms with Crippen LogP contribution in [0, 0.1) is 13.8 Å². The Balaban J connectivity index is 1.93. The molecular weight excluding hydrogens is 236 g/mol. The number of ketones is 1. The number of carbonyl (C=O) groups excluding carboxylic acids is 1. The molecular formula is C12H18N2O2S. The maximum Gasteiger partial charge on any atom is 0.168 e. The first kappa shape index (κ1) is 12.7. The summed E-state index contributed by atoms with van der Waals surface area (Å²) in [6.45, 7) is 4.49. The van der Waals surface area contributed by atoms with Gasteiger partial charge in [-0.2, -0.15) is 0 Å². The number of carbonyl (C=O) groups is 1. The molecule has 1 saturated heterocycles. The maximum absolute atomic E-state index is 12.0. The van der Waals surface area contributed by atoms with Crippen LogP contribution in [-0.4, -0.2) is 29.5 Å². The zero-order valence-corrected chi connectivity index (χ0v) is 11.0. The summed E-state index contributed by atoms with van der Waals surface area (Å²) >= 11 is 1.60. The van der Waals surface area contributed by atoms with Gasteiger partial charge in [-0.05, 0) is 26.7 Å². The largest absolute Gasteiger partial charge is 0.366 e. The number of nitrogens with zero attached hydrogens (tertiary/aromatic N) is 1. The van der Waals surface area contributed by atoms with Gasteiger partial charge in [-0.15, -0.1) is 11.3 Å². The van der Waals surface area contributed by atoms with Crippen molar-refractivity contribution in [2.24, 2.45) is 5.73 Å². The van der Waals surface area contributed by atoms with E-state index in [1.54, 1.807) is 11.3 Å². The lowest BCUT2D eigenvalue weighted by molar-refractivity contribution is -0.128. The van der Waals surface area contributed by atoms with E-state index >= 15 is 0 Å². The van der Waals surface area contributed by atoms with Gasteiger partial charge in [0.15, 0.2) is 5.78 Å². The number of thiazole rings is 1. The van der Waals surface area contributed by atoms with Gasteiger partial charge < -0.3 is 10.5 Å². The third-order valence-electron chi connectivity index (χ3n) is 3.13. The number of nitrogens with two attached hydrogens (primary N) is 1. The minimum atomic E-state index is -0.270. The molecule has 0 aliphatic carbocycles. The molecule has 17 heavy (non-hydrogen) atoms. The summed E-state index contributed by atoms with van der Waals surface area (Å²) in [5.74, 6) is 0.134. The zero-order valence-electron chi connectivity index (χ0n) is 10.2. The van der Waals surface area contributed by atoms with E-state index in [2.05, 4.69) is 4.98 Å². The van der Waals surface area contributed by atoms with E-state index in [0.717, 1.165) is 23.5 Å². The molecule has 1 aliphatic heterocycles. The molecule has 1 aliphatic rings. The minimum Gasteiger partial charge on any atom is -0.366 e. The summed E-state index contributed by atoms with van der Waals surface area (Å²) in [6.07, 6.45) is 1.87. The van der Waals surface area contributed by atoms with Crippen molar-refractivity contribution in [3.63, 3.8) is 0 Å². The van der Waals surface area contributed by atoms with Crippen LogP contribution >= 0.6 is 11.3 Å². The number of Topliss-reactive ketones (excluding diaryl/α,β-unsaturated/α-hetero) is 1. The van der Waals surface area contributed by atoms with Gasteiger partial charge in [-0.1, -0.05) is 0 Å². The van der Waals surface area contributed by atoms with Crippen molar-refractivity contribution in [3.8, 4) is 0 Å². The van der Waals surface area contributed by atoms with Gasteiger partial charge in [0.1, 0.15) is 11.1 Å². The topological polar surface area (TPSA) is 65.2 Å². The van der Waals surface area contributed by atoms with Crippen LogP contribution in [0.3, 0.4) is 0 Å². The number of hydrogen-bond donors (Lipinski definition) is 1. The van der Waals surface area contributed by atoms with Gasteiger partial charge in [0, 0.05) is 11.4 Å². The SMILES string of the molecule is Cc1nc(CC(=O)C2CCC(CN)O2)sc1C. The fourth-order valence-electron chi connectivity index (χ4n) is 1.99. The minimum absolute atomic E-state index is 0.0590. The Kier molecular flexibility index (Phi) is 3.91. The molecule has 0 aromatic carbocycles. The van der Waals surface area contributed by atoms with Crippen LogP contribution in [0.4, 0.5) is 0 Å². The highest BCUT2D eigenvalue weighted by Crippen LogP contribution is 2.23. The third kappa shape index (κ3) is 2.91. The van der Waals surface area contributed by atoms with E-state index in [1.807, 2.05) is 13.8 Å². The fraction of sp³-hybridized carbons (Fsp3) is 0.667. The van der Waals surface area contributed by atoms with Crippen molar-refractivity contribution in [1.29, 1.82) is 0 Å². The maximum atomic E-state index is 12.0. The number of rotatable bonds is 4. The molecule has 2 heterocycles. The van der Waals surface area contributed by atoms with E-state index in [9.17, 15) is 4.79 Å². The highest BCUT2D eigenvalue weighted by molar-refractivity contribution is 7.11. The molecule has 0 amide bonds. The number of aryl methyl sites for hydroxylation is 2. The first-order valence-electron chi connectivity index (χ1n) is 5.91. The Morgan fingerprint density at radius 2 is 2.29 bits per heavy atom. The fourth-order valence-corrected chi connectivity index (χ4v) is 2.94. The van der Waals surface area contributed by atoms with E-state index in [-0.39, 0.29) is 18.0 Å². The lowest BCUT2D eigenvalue weighted by Crippen LogP contribution is -2.26. The lowest BCUT2D eigenvalue weighted by atomic mass is 10.1. The van der Waals surface area contributed by atoms with Crippen LogP contribution in [0.2, 0.25) is 0 Å². The Hall–Kier alpha value is -0.780. The van der Waals surface area contributed by atoms with E-state index in [0.29, 0.717) is 13.0 Å². The van der Waals surface area contributed by atoms with Gasteiger partial charge in [0.25, 0.3) is 0 Å². The molecule has 1 fully saturated rings. The lowest BCUT2D eigenvalue weighted by Gasteiger charge is -2.10. The molecule has 1 aromatic heterocycles. The molecule has 1 aromatic rings. The molecule has 0 spiro atoms.